The van der Waals surface area contributed by atoms with Crippen molar-refractivity contribution in [1.82, 2.24) is 0 Å². The van der Waals surface area contributed by atoms with Crippen LogP contribution in [0.5, 0.6) is 0 Å². The Balaban J connectivity index is 3.49. The second kappa shape index (κ2) is 6.12. The standard InChI is InChI=1S/C7H9O.W/c1-2-3-4-5-6-7-8;/h1-2,5-6,8H,3,7H2;/q-1;/b6-5-;. The molecule has 0 amide bonds. The van der Waals surface area contributed by atoms with Crippen LogP contribution in [-0.2, 0) is 19.4 Å². The summed E-state index contributed by atoms with van der Waals surface area (Å²) in [4.78, 5) is 0. The van der Waals surface area contributed by atoms with E-state index in [0.717, 1.165) is 6.42 Å². The van der Waals surface area contributed by atoms with E-state index in [4.69, 9.17) is 11.7 Å². The summed E-state index contributed by atoms with van der Waals surface area (Å²) in [5.41, 5.74) is 0. The summed E-state index contributed by atoms with van der Waals surface area (Å²) in [6, 6.07) is 0. The third-order valence-corrected chi connectivity index (χ3v) is 1.82. The first-order valence-corrected chi connectivity index (χ1v) is 4.11. The fraction of sp³-hybridized carbons (Fsp3) is 0.286. The average molecular weight is 293 g/mol. The third-order valence-electron chi connectivity index (χ3n) is 0.728. The number of allylic oxidation sites excluding steroid dienone is 2. The number of hydrogen-bond donors (Lipinski definition) is 1. The van der Waals surface area contributed by atoms with Crippen molar-refractivity contribution >= 4 is 3.90 Å². The third kappa shape index (κ3) is 5.88. The van der Waals surface area contributed by atoms with Gasteiger partial charge in [-0.3, -0.25) is 0 Å². The van der Waals surface area contributed by atoms with E-state index in [9.17, 15) is 0 Å². The van der Waals surface area contributed by atoms with Crippen LogP contribution in [0.4, 0.5) is 0 Å². The molecule has 9 heavy (non-hydrogen) atoms. The summed E-state index contributed by atoms with van der Waals surface area (Å²) in [6.07, 6.45) is 6.06. The Kier molecular flexibility index (Phi) is 6.12. The molecule has 0 aliphatic rings. The van der Waals surface area contributed by atoms with Crippen molar-refractivity contribution in [3.63, 3.8) is 0 Å². The fourth-order valence-corrected chi connectivity index (χ4v) is 1.06. The molecule has 0 radical (unpaired) electrons. The quantitative estimate of drug-likeness (QED) is 0.754. The second-order valence-electron chi connectivity index (χ2n) is 1.49. The molecule has 1 nitrogen and oxygen atoms in total. The number of hydrogen-bond acceptors (Lipinski definition) is 1. The van der Waals surface area contributed by atoms with Gasteiger partial charge in [-0.05, 0) is 0 Å². The van der Waals surface area contributed by atoms with Crippen LogP contribution in [0.25, 0.3) is 0 Å². The zero-order valence-electron chi connectivity index (χ0n) is 5.08. The van der Waals surface area contributed by atoms with Gasteiger partial charge in [-0.1, -0.05) is 0 Å². The molecule has 0 rings (SSSR count). The number of aliphatic hydroxyl groups is 1. The Morgan fingerprint density at radius 1 is 1.67 bits per heavy atom. The Hall–Kier alpha value is -0.00169. The predicted octanol–water partition coefficient (Wildman–Crippen LogP) is 0.633. The van der Waals surface area contributed by atoms with Crippen LogP contribution in [0.3, 0.4) is 0 Å². The van der Waals surface area contributed by atoms with Crippen LogP contribution in [0.1, 0.15) is 6.42 Å². The summed E-state index contributed by atoms with van der Waals surface area (Å²) in [6.45, 7) is 5.28. The van der Waals surface area contributed by atoms with Crippen LogP contribution >= 0.6 is 0 Å². The summed E-state index contributed by atoms with van der Waals surface area (Å²) in [5, 5.41) is 8.35. The summed E-state index contributed by atoms with van der Waals surface area (Å²) < 4.78 is 1.24. The minimum atomic E-state index is 0.112. The normalized spacial score (nSPS) is 9.89. The van der Waals surface area contributed by atoms with Gasteiger partial charge in [0.1, 0.15) is 0 Å². The monoisotopic (exact) mass is 293 g/mol. The van der Waals surface area contributed by atoms with Crippen molar-refractivity contribution in [3.8, 4) is 0 Å². The molecule has 0 fully saturated rings. The Morgan fingerprint density at radius 3 is 2.78 bits per heavy atom. The Morgan fingerprint density at radius 2 is 2.33 bits per heavy atom. The van der Waals surface area contributed by atoms with Crippen molar-refractivity contribution in [1.29, 1.82) is 0 Å². The summed E-state index contributed by atoms with van der Waals surface area (Å²) in [7, 11) is 0. The van der Waals surface area contributed by atoms with Crippen molar-refractivity contribution in [2.75, 3.05) is 6.61 Å². The average Bonchev–Trinajstić information content (AvgIpc) is 1.85. The van der Waals surface area contributed by atoms with Crippen LogP contribution < -0.4 is 0 Å². The van der Waals surface area contributed by atoms with Gasteiger partial charge in [0.2, 0.25) is 0 Å². The maximum absolute atomic E-state index is 8.35. The van der Waals surface area contributed by atoms with Crippen molar-refractivity contribution in [2.45, 2.75) is 6.42 Å². The van der Waals surface area contributed by atoms with Crippen LogP contribution in [0.15, 0.2) is 18.2 Å². The minimum absolute atomic E-state index is 0.112. The van der Waals surface area contributed by atoms with Gasteiger partial charge in [0, 0.05) is 0 Å². The molecule has 0 unspecified atom stereocenters. The van der Waals surface area contributed by atoms with Crippen molar-refractivity contribution in [2.24, 2.45) is 0 Å². The molecule has 0 atom stereocenters. The van der Waals surface area contributed by atoms with E-state index in [1.54, 1.807) is 12.2 Å². The van der Waals surface area contributed by atoms with Crippen LogP contribution in [-0.4, -0.2) is 15.6 Å². The fourth-order valence-electron chi connectivity index (χ4n) is 0.368. The second-order valence-corrected chi connectivity index (χ2v) is 3.38. The van der Waals surface area contributed by atoms with Gasteiger partial charge in [-0.25, -0.2) is 0 Å². The molecule has 1 N–H and O–H groups in total. The zero-order chi connectivity index (χ0) is 7.11. The van der Waals surface area contributed by atoms with Crippen LogP contribution in [0.2, 0.25) is 0 Å². The maximum atomic E-state index is 8.35. The zero-order valence-corrected chi connectivity index (χ0v) is 8.01. The Bertz CT molecular complexity index is 127. The van der Waals surface area contributed by atoms with E-state index in [1.165, 1.54) is 23.3 Å². The molecule has 0 saturated heterocycles. The summed E-state index contributed by atoms with van der Waals surface area (Å²) in [5.74, 6) is 0. The SMILES string of the molecule is [CH-]=CC[C](=[W])/C=C\CO. The van der Waals surface area contributed by atoms with E-state index in [1.807, 2.05) is 6.08 Å². The first kappa shape index (κ1) is 9.00. The molecule has 0 aliphatic heterocycles. The van der Waals surface area contributed by atoms with Gasteiger partial charge in [-0.15, -0.1) is 0 Å². The van der Waals surface area contributed by atoms with E-state index >= 15 is 0 Å². The van der Waals surface area contributed by atoms with Gasteiger partial charge in [-0.2, -0.15) is 0 Å². The number of rotatable bonds is 4. The van der Waals surface area contributed by atoms with E-state index in [2.05, 4.69) is 0 Å². The van der Waals surface area contributed by atoms with E-state index in [-0.39, 0.29) is 6.61 Å². The molecule has 0 heterocycles. The van der Waals surface area contributed by atoms with Crippen LogP contribution in [0, 0.1) is 6.58 Å². The molecule has 0 aromatic heterocycles. The van der Waals surface area contributed by atoms with Gasteiger partial charge >= 0.3 is 66.2 Å². The molecule has 2 heteroatoms. The van der Waals surface area contributed by atoms with Gasteiger partial charge < -0.3 is 0 Å². The first-order valence-electron chi connectivity index (χ1n) is 2.65. The molecular weight excluding hydrogens is 284 g/mol. The van der Waals surface area contributed by atoms with Crippen molar-refractivity contribution in [3.05, 3.63) is 24.8 Å². The molecular formula is C7H9OW-. The van der Waals surface area contributed by atoms with Crippen molar-refractivity contribution < 1.29 is 24.5 Å². The topological polar surface area (TPSA) is 20.2 Å². The molecule has 0 aromatic carbocycles. The van der Waals surface area contributed by atoms with E-state index < -0.39 is 0 Å². The van der Waals surface area contributed by atoms with E-state index in [0.29, 0.717) is 0 Å². The molecule has 50 valence electrons. The Labute approximate surface area is 66.5 Å². The number of aliphatic hydroxyl groups excluding tert-OH is 1. The molecule has 0 bridgehead atoms. The summed E-state index contributed by atoms with van der Waals surface area (Å²) >= 11 is 1.40. The van der Waals surface area contributed by atoms with Gasteiger partial charge in [0.25, 0.3) is 0 Å². The molecule has 0 spiro atoms. The van der Waals surface area contributed by atoms with Gasteiger partial charge in [0.05, 0.1) is 0 Å². The van der Waals surface area contributed by atoms with Gasteiger partial charge in [0.15, 0.2) is 0 Å². The first-order chi connectivity index (χ1) is 4.31. The molecule has 0 aromatic rings. The molecule has 0 saturated carbocycles. The predicted molar refractivity (Wildman–Crippen MR) is 34.7 cm³/mol. The molecule has 0 aliphatic carbocycles.